The van der Waals surface area contributed by atoms with Gasteiger partial charge in [-0.05, 0) is 24.1 Å². The third-order valence-electron chi connectivity index (χ3n) is 4.43. The molecule has 0 aliphatic carbocycles. The van der Waals surface area contributed by atoms with E-state index < -0.39 is 6.16 Å². The van der Waals surface area contributed by atoms with E-state index in [1.807, 2.05) is 81.4 Å². The summed E-state index contributed by atoms with van der Waals surface area (Å²) < 4.78 is 5.06. The lowest BCUT2D eigenvalue weighted by atomic mass is 10.1. The summed E-state index contributed by atoms with van der Waals surface area (Å²) in [7, 11) is 0. The SMILES string of the molecule is Cc1ccc(CN(C(=O)C(C)C)c2cc(-c3ccccc3)sc2OC(=O)O)cc1. The Morgan fingerprint density at radius 1 is 1.07 bits per heavy atom. The van der Waals surface area contributed by atoms with Crippen molar-refractivity contribution in [2.45, 2.75) is 27.3 Å². The van der Waals surface area contributed by atoms with Gasteiger partial charge >= 0.3 is 6.16 Å². The van der Waals surface area contributed by atoms with Gasteiger partial charge in [-0.1, -0.05) is 85.3 Å². The highest BCUT2D eigenvalue weighted by Crippen LogP contribution is 2.43. The van der Waals surface area contributed by atoms with Crippen LogP contribution in [0.2, 0.25) is 0 Å². The molecule has 1 aromatic heterocycles. The quantitative estimate of drug-likeness (QED) is 0.509. The molecule has 0 fully saturated rings. The monoisotopic (exact) mass is 409 g/mol. The van der Waals surface area contributed by atoms with Gasteiger partial charge in [0.25, 0.3) is 0 Å². The number of carbonyl (C=O) groups excluding carboxylic acids is 1. The number of ether oxygens (including phenoxy) is 1. The fourth-order valence-corrected chi connectivity index (χ4v) is 3.93. The average Bonchev–Trinajstić information content (AvgIpc) is 3.10. The molecule has 0 spiro atoms. The van der Waals surface area contributed by atoms with Crippen LogP contribution in [0.3, 0.4) is 0 Å². The van der Waals surface area contributed by atoms with Gasteiger partial charge in [0, 0.05) is 10.8 Å². The first kappa shape index (κ1) is 20.6. The van der Waals surface area contributed by atoms with Crippen molar-refractivity contribution >= 4 is 29.1 Å². The zero-order valence-electron chi connectivity index (χ0n) is 16.6. The maximum Gasteiger partial charge on any atom is 0.512 e. The summed E-state index contributed by atoms with van der Waals surface area (Å²) in [5, 5.41) is 9.39. The van der Waals surface area contributed by atoms with Gasteiger partial charge in [0.05, 0.1) is 12.2 Å². The van der Waals surface area contributed by atoms with Crippen molar-refractivity contribution in [2.75, 3.05) is 4.90 Å². The fourth-order valence-electron chi connectivity index (χ4n) is 2.92. The molecule has 150 valence electrons. The molecule has 0 saturated carbocycles. The van der Waals surface area contributed by atoms with Gasteiger partial charge in [-0.3, -0.25) is 4.79 Å². The number of thiophene rings is 1. The van der Waals surface area contributed by atoms with Crippen LogP contribution in [0.25, 0.3) is 10.4 Å². The Hall–Kier alpha value is -3.12. The van der Waals surface area contributed by atoms with Crippen LogP contribution in [-0.2, 0) is 11.3 Å². The molecule has 29 heavy (non-hydrogen) atoms. The maximum atomic E-state index is 13.0. The van der Waals surface area contributed by atoms with E-state index in [2.05, 4.69) is 0 Å². The first-order valence-corrected chi connectivity index (χ1v) is 10.1. The number of hydrogen-bond donors (Lipinski definition) is 1. The van der Waals surface area contributed by atoms with Crippen LogP contribution >= 0.6 is 11.3 Å². The number of nitrogens with zero attached hydrogens (tertiary/aromatic N) is 1. The van der Waals surface area contributed by atoms with Crippen molar-refractivity contribution < 1.29 is 19.4 Å². The van der Waals surface area contributed by atoms with E-state index in [9.17, 15) is 14.7 Å². The Bertz CT molecular complexity index is 993. The molecule has 0 aliphatic heterocycles. The van der Waals surface area contributed by atoms with Gasteiger partial charge in [-0.25, -0.2) is 4.79 Å². The summed E-state index contributed by atoms with van der Waals surface area (Å²) in [6.07, 6.45) is -1.40. The lowest BCUT2D eigenvalue weighted by Crippen LogP contribution is -2.33. The Morgan fingerprint density at radius 2 is 1.72 bits per heavy atom. The lowest BCUT2D eigenvalue weighted by Gasteiger charge is -2.24. The largest absolute Gasteiger partial charge is 0.512 e. The first-order valence-electron chi connectivity index (χ1n) is 9.32. The highest BCUT2D eigenvalue weighted by atomic mass is 32.1. The molecule has 0 bridgehead atoms. The minimum atomic E-state index is -1.40. The van der Waals surface area contributed by atoms with E-state index in [-0.39, 0.29) is 16.9 Å². The minimum absolute atomic E-state index is 0.0989. The molecule has 1 N–H and O–H groups in total. The predicted molar refractivity (Wildman–Crippen MR) is 116 cm³/mol. The molecule has 1 amide bonds. The number of aryl methyl sites for hydroxylation is 1. The van der Waals surface area contributed by atoms with Crippen LogP contribution < -0.4 is 9.64 Å². The summed E-state index contributed by atoms with van der Waals surface area (Å²) >= 11 is 1.21. The molecule has 0 radical (unpaired) electrons. The first-order chi connectivity index (χ1) is 13.8. The molecule has 0 unspecified atom stereocenters. The number of carboxylic acid groups (broad SMARTS) is 1. The van der Waals surface area contributed by atoms with Crippen molar-refractivity contribution in [3.05, 3.63) is 71.8 Å². The molecule has 0 atom stereocenters. The van der Waals surface area contributed by atoms with Crippen molar-refractivity contribution in [2.24, 2.45) is 5.92 Å². The molecule has 1 heterocycles. The molecule has 0 saturated heterocycles. The van der Waals surface area contributed by atoms with Gasteiger partial charge in [0.15, 0.2) is 0 Å². The second-order valence-corrected chi connectivity index (χ2v) is 8.10. The van der Waals surface area contributed by atoms with Crippen LogP contribution in [0.15, 0.2) is 60.7 Å². The highest BCUT2D eigenvalue weighted by Gasteiger charge is 2.26. The van der Waals surface area contributed by atoms with Gasteiger partial charge in [-0.15, -0.1) is 0 Å². The molecule has 6 heteroatoms. The van der Waals surface area contributed by atoms with Crippen LogP contribution in [0.4, 0.5) is 10.5 Å². The normalized spacial score (nSPS) is 10.8. The number of benzene rings is 2. The van der Waals surface area contributed by atoms with Gasteiger partial charge in [0.1, 0.15) is 0 Å². The lowest BCUT2D eigenvalue weighted by molar-refractivity contribution is -0.121. The molecule has 0 aliphatic rings. The van der Waals surface area contributed by atoms with Crippen LogP contribution in [-0.4, -0.2) is 17.2 Å². The Labute approximate surface area is 174 Å². The van der Waals surface area contributed by atoms with Crippen molar-refractivity contribution in [3.63, 3.8) is 0 Å². The second-order valence-electron chi connectivity index (χ2n) is 7.08. The second kappa shape index (κ2) is 8.92. The van der Waals surface area contributed by atoms with Crippen molar-refractivity contribution in [1.29, 1.82) is 0 Å². The van der Waals surface area contributed by atoms with Gasteiger partial charge in [0.2, 0.25) is 11.0 Å². The molecule has 2 aromatic carbocycles. The maximum absolute atomic E-state index is 13.0. The van der Waals surface area contributed by atoms with Crippen LogP contribution in [0.1, 0.15) is 25.0 Å². The molecule has 3 rings (SSSR count). The zero-order valence-corrected chi connectivity index (χ0v) is 17.4. The summed E-state index contributed by atoms with van der Waals surface area (Å²) in [6, 6.07) is 19.4. The summed E-state index contributed by atoms with van der Waals surface area (Å²) in [5.41, 5.74) is 3.49. The smallest absolute Gasteiger partial charge is 0.449 e. The van der Waals surface area contributed by atoms with Crippen molar-refractivity contribution in [1.82, 2.24) is 0 Å². The zero-order chi connectivity index (χ0) is 21.0. The van der Waals surface area contributed by atoms with Crippen LogP contribution in [0.5, 0.6) is 5.06 Å². The molecular weight excluding hydrogens is 386 g/mol. The summed E-state index contributed by atoms with van der Waals surface area (Å²) in [5.74, 6) is -0.351. The number of rotatable bonds is 6. The topological polar surface area (TPSA) is 66.8 Å². The van der Waals surface area contributed by atoms with E-state index in [0.717, 1.165) is 21.6 Å². The summed E-state index contributed by atoms with van der Waals surface area (Å²) in [4.78, 5) is 26.7. The van der Waals surface area contributed by atoms with E-state index in [4.69, 9.17) is 4.74 Å². The van der Waals surface area contributed by atoms with Gasteiger partial charge in [-0.2, -0.15) is 0 Å². The highest BCUT2D eigenvalue weighted by molar-refractivity contribution is 7.18. The van der Waals surface area contributed by atoms with E-state index in [0.29, 0.717) is 12.2 Å². The van der Waals surface area contributed by atoms with E-state index in [1.54, 1.807) is 4.90 Å². The third kappa shape index (κ3) is 5.03. The van der Waals surface area contributed by atoms with E-state index in [1.165, 1.54) is 11.3 Å². The van der Waals surface area contributed by atoms with Crippen molar-refractivity contribution in [3.8, 4) is 15.5 Å². The van der Waals surface area contributed by atoms with Crippen LogP contribution in [0, 0.1) is 12.8 Å². The standard InChI is InChI=1S/C23H23NO4S/c1-15(2)21(25)24(14-17-11-9-16(3)10-12-17)19-13-20(18-7-5-4-6-8-18)29-22(19)28-23(26)27/h4-13,15H,14H2,1-3H3,(H,26,27). The number of amides is 1. The number of anilines is 1. The predicted octanol–water partition coefficient (Wildman–Crippen LogP) is 5.97. The molecular formula is C23H23NO4S. The minimum Gasteiger partial charge on any atom is -0.449 e. The molecule has 3 aromatic rings. The Balaban J connectivity index is 2.07. The third-order valence-corrected chi connectivity index (χ3v) is 5.48. The Kier molecular flexibility index (Phi) is 6.34. The fraction of sp³-hybridized carbons (Fsp3) is 0.217. The number of hydrogen-bond acceptors (Lipinski definition) is 4. The molecule has 5 nitrogen and oxygen atoms in total. The Morgan fingerprint density at radius 3 is 2.31 bits per heavy atom. The average molecular weight is 410 g/mol. The van der Waals surface area contributed by atoms with Gasteiger partial charge < -0.3 is 14.7 Å². The number of carbonyl (C=O) groups is 2. The van der Waals surface area contributed by atoms with E-state index >= 15 is 0 Å². The summed E-state index contributed by atoms with van der Waals surface area (Å²) in [6.45, 7) is 5.99.